The van der Waals surface area contributed by atoms with Crippen LogP contribution < -0.4 is 0 Å². The van der Waals surface area contributed by atoms with Crippen LogP contribution in [0.2, 0.25) is 0 Å². The van der Waals surface area contributed by atoms with E-state index in [0.29, 0.717) is 26.4 Å². The molecule has 0 radical (unpaired) electrons. The summed E-state index contributed by atoms with van der Waals surface area (Å²) in [6, 6.07) is 0. The Labute approximate surface area is 87.8 Å². The van der Waals surface area contributed by atoms with Crippen LogP contribution in [0.3, 0.4) is 0 Å². The van der Waals surface area contributed by atoms with Gasteiger partial charge in [-0.15, -0.1) is 0 Å². The van der Waals surface area contributed by atoms with Crippen molar-refractivity contribution < 1.29 is 10.7 Å². The zero-order chi connectivity index (χ0) is 10.2. The van der Waals surface area contributed by atoms with E-state index in [0.717, 1.165) is 0 Å². The van der Waals surface area contributed by atoms with Crippen molar-refractivity contribution >= 4 is 23.0 Å². The van der Waals surface area contributed by atoms with E-state index in [1.807, 2.05) is 27.7 Å². The summed E-state index contributed by atoms with van der Waals surface area (Å²) in [5.41, 5.74) is 0. The summed E-state index contributed by atoms with van der Waals surface area (Å²) in [6.45, 7) is 10.0. The first-order valence-corrected chi connectivity index (χ1v) is 11.1. The summed E-state index contributed by atoms with van der Waals surface area (Å²) < 4.78 is 22.0. The molecule has 0 aromatic heterocycles. The fraction of sp³-hybridized carbons (Fsp3) is 1.00. The molecule has 0 N–H and O–H groups in total. The van der Waals surface area contributed by atoms with Crippen LogP contribution in [0.15, 0.2) is 0 Å². The Kier molecular flexibility index (Phi) is 8.58. The summed E-state index contributed by atoms with van der Waals surface area (Å²) >= 11 is -3.69. The summed E-state index contributed by atoms with van der Waals surface area (Å²) in [6.07, 6.45) is 0. The summed E-state index contributed by atoms with van der Waals surface area (Å²) in [4.78, 5) is 0. The Balaban J connectivity index is 4.19. The molecule has 4 nitrogen and oxygen atoms in total. The van der Waals surface area contributed by atoms with Crippen LogP contribution in [-0.2, 0) is 10.7 Å². The Morgan fingerprint density at radius 3 is 1.00 bits per heavy atom. The van der Waals surface area contributed by atoms with Gasteiger partial charge in [0.15, 0.2) is 0 Å². The van der Waals surface area contributed by atoms with E-state index < -0.39 is 23.0 Å². The zero-order valence-electron chi connectivity index (χ0n) is 8.96. The van der Waals surface area contributed by atoms with E-state index >= 15 is 0 Å². The molecule has 0 aliphatic carbocycles. The normalized spacial score (nSPS) is 12.0. The molecule has 0 spiro atoms. The molecule has 0 rings (SSSR count). The quantitative estimate of drug-likeness (QED) is 0.593. The third-order valence-electron chi connectivity index (χ3n) is 1.28. The second kappa shape index (κ2) is 8.10. The summed E-state index contributed by atoms with van der Waals surface area (Å²) in [5, 5.41) is 0. The van der Waals surface area contributed by atoms with Crippen LogP contribution in [-0.4, -0.2) is 49.4 Å². The fourth-order valence-corrected chi connectivity index (χ4v) is 8.40. The van der Waals surface area contributed by atoms with Crippen molar-refractivity contribution in [3.05, 3.63) is 0 Å². The Bertz CT molecular complexity index is 91.2. The molecule has 0 heterocycles. The summed E-state index contributed by atoms with van der Waals surface area (Å²) in [7, 11) is 0. The number of hydrogen-bond donors (Lipinski definition) is 0. The number of rotatable bonds is 8. The standard InChI is InChI=1S/4C2H5O.Pb/c4*1-2-3;/h4*2H2,1H3;/q4*-1;+4. The maximum absolute atomic E-state index is 5.51. The van der Waals surface area contributed by atoms with Gasteiger partial charge in [0.2, 0.25) is 0 Å². The van der Waals surface area contributed by atoms with Gasteiger partial charge >= 0.3 is 87.9 Å². The average molecular weight is 387 g/mol. The van der Waals surface area contributed by atoms with Crippen LogP contribution in [0.4, 0.5) is 0 Å². The van der Waals surface area contributed by atoms with Gasteiger partial charge in [0, 0.05) is 0 Å². The Morgan fingerprint density at radius 2 is 0.846 bits per heavy atom. The minimum absolute atomic E-state index is 0.585. The van der Waals surface area contributed by atoms with Crippen LogP contribution in [0.1, 0.15) is 27.7 Å². The molecule has 0 amide bonds. The first-order chi connectivity index (χ1) is 6.24. The van der Waals surface area contributed by atoms with E-state index in [-0.39, 0.29) is 0 Å². The van der Waals surface area contributed by atoms with Gasteiger partial charge in [-0.2, -0.15) is 0 Å². The summed E-state index contributed by atoms with van der Waals surface area (Å²) in [5.74, 6) is 0. The molecule has 0 atom stereocenters. The van der Waals surface area contributed by atoms with E-state index in [4.69, 9.17) is 10.7 Å². The van der Waals surface area contributed by atoms with Gasteiger partial charge in [-0.1, -0.05) is 0 Å². The van der Waals surface area contributed by atoms with Gasteiger partial charge < -0.3 is 0 Å². The molecular weight excluding hydrogens is 367 g/mol. The van der Waals surface area contributed by atoms with Crippen molar-refractivity contribution in [3.8, 4) is 0 Å². The molecule has 0 aromatic carbocycles. The van der Waals surface area contributed by atoms with Crippen molar-refractivity contribution in [1.29, 1.82) is 0 Å². The van der Waals surface area contributed by atoms with Crippen molar-refractivity contribution in [3.63, 3.8) is 0 Å². The third kappa shape index (κ3) is 5.26. The second-order valence-electron chi connectivity index (χ2n) is 2.23. The minimum atomic E-state index is -3.69. The first kappa shape index (κ1) is 13.8. The van der Waals surface area contributed by atoms with Gasteiger partial charge in [0.05, 0.1) is 0 Å². The van der Waals surface area contributed by atoms with Crippen molar-refractivity contribution in [1.82, 2.24) is 0 Å². The Hall–Kier alpha value is 0.762. The Morgan fingerprint density at radius 1 is 0.615 bits per heavy atom. The monoisotopic (exact) mass is 388 g/mol. The van der Waals surface area contributed by atoms with E-state index in [9.17, 15) is 0 Å². The van der Waals surface area contributed by atoms with Crippen molar-refractivity contribution in [2.24, 2.45) is 0 Å². The SMILES string of the molecule is CC[O][Pb]([O]CC)([O]CC)[O]CC. The molecule has 0 aliphatic rings. The predicted molar refractivity (Wildman–Crippen MR) is 52.3 cm³/mol. The molecule has 0 saturated carbocycles. The van der Waals surface area contributed by atoms with Gasteiger partial charge in [-0.3, -0.25) is 0 Å². The third-order valence-corrected chi connectivity index (χ3v) is 11.3. The molecular formula is C8H20O4Pb. The second-order valence-corrected chi connectivity index (χ2v) is 10.6. The molecule has 0 unspecified atom stereocenters. The molecule has 0 fully saturated rings. The van der Waals surface area contributed by atoms with E-state index in [2.05, 4.69) is 0 Å². The topological polar surface area (TPSA) is 36.9 Å². The molecule has 0 aromatic rings. The van der Waals surface area contributed by atoms with Gasteiger partial charge in [-0.05, 0) is 0 Å². The number of hydrogen-bond acceptors (Lipinski definition) is 4. The maximum atomic E-state index is 5.51. The van der Waals surface area contributed by atoms with Crippen LogP contribution >= 0.6 is 0 Å². The molecule has 13 heavy (non-hydrogen) atoms. The zero-order valence-corrected chi connectivity index (χ0v) is 12.8. The van der Waals surface area contributed by atoms with E-state index in [1.165, 1.54) is 0 Å². The molecule has 80 valence electrons. The van der Waals surface area contributed by atoms with Gasteiger partial charge in [-0.25, -0.2) is 0 Å². The van der Waals surface area contributed by atoms with Crippen molar-refractivity contribution in [2.75, 3.05) is 26.4 Å². The molecule has 0 saturated heterocycles. The average Bonchev–Trinajstić information content (AvgIpc) is 2.06. The van der Waals surface area contributed by atoms with Crippen LogP contribution in [0, 0.1) is 0 Å². The van der Waals surface area contributed by atoms with E-state index in [1.54, 1.807) is 0 Å². The van der Waals surface area contributed by atoms with Crippen molar-refractivity contribution in [2.45, 2.75) is 27.7 Å². The van der Waals surface area contributed by atoms with Gasteiger partial charge in [0.25, 0.3) is 0 Å². The molecule has 0 aliphatic heterocycles. The van der Waals surface area contributed by atoms with Gasteiger partial charge in [0.1, 0.15) is 0 Å². The first-order valence-electron chi connectivity index (χ1n) is 4.80. The molecule has 5 heteroatoms. The fourth-order valence-electron chi connectivity index (χ4n) is 0.957. The molecule has 0 bridgehead atoms. The van der Waals surface area contributed by atoms with Crippen LogP contribution in [0.5, 0.6) is 0 Å². The predicted octanol–water partition coefficient (Wildman–Crippen LogP) is 1.57. The van der Waals surface area contributed by atoms with Crippen LogP contribution in [0.25, 0.3) is 0 Å².